The van der Waals surface area contributed by atoms with E-state index in [1.54, 1.807) is 12.1 Å². The van der Waals surface area contributed by atoms with Crippen molar-refractivity contribution in [2.24, 2.45) is 0 Å². The van der Waals surface area contributed by atoms with E-state index in [2.05, 4.69) is 0 Å². The lowest BCUT2D eigenvalue weighted by Gasteiger charge is -2.09. The molecule has 0 fully saturated rings. The summed E-state index contributed by atoms with van der Waals surface area (Å²) in [4.78, 5) is 10.2. The molecular weight excluding hydrogens is 226 g/mol. The quantitative estimate of drug-likeness (QED) is 0.723. The van der Waals surface area contributed by atoms with Crippen LogP contribution in [0.5, 0.6) is 0 Å². The van der Waals surface area contributed by atoms with Gasteiger partial charge < -0.3 is 4.79 Å². The highest BCUT2D eigenvalue weighted by molar-refractivity contribution is 7.92. The summed E-state index contributed by atoms with van der Waals surface area (Å²) >= 11 is 0. The summed E-state index contributed by atoms with van der Waals surface area (Å²) in [6.07, 6.45) is 2.05. The second-order valence-electron chi connectivity index (χ2n) is 3.21. The molecular formula is C11H13NO3S. The topological polar surface area (TPSA) is 54.5 Å². The molecule has 4 nitrogen and oxygen atoms in total. The number of carbonyl (C=O) groups excluding carboxylic acids is 1. The van der Waals surface area contributed by atoms with Gasteiger partial charge in [0.2, 0.25) is 10.0 Å². The predicted molar refractivity (Wildman–Crippen MR) is 63.1 cm³/mol. The molecule has 1 rings (SSSR count). The molecule has 0 aliphatic rings. The van der Waals surface area contributed by atoms with Gasteiger partial charge in [-0.1, -0.05) is 30.3 Å². The van der Waals surface area contributed by atoms with Crippen LogP contribution in [0, 0.1) is 0 Å². The number of hydrogen-bond acceptors (Lipinski definition) is 3. The average molecular weight is 239 g/mol. The summed E-state index contributed by atoms with van der Waals surface area (Å²) in [5.41, 5.74) is 0.797. The fourth-order valence-electron chi connectivity index (χ4n) is 1.04. The van der Waals surface area contributed by atoms with E-state index in [0.29, 0.717) is 6.29 Å². The molecule has 0 aromatic heterocycles. The van der Waals surface area contributed by atoms with Crippen molar-refractivity contribution >= 4 is 22.4 Å². The maximum atomic E-state index is 11.6. The van der Waals surface area contributed by atoms with Gasteiger partial charge in [-0.2, -0.15) is 4.31 Å². The third kappa shape index (κ3) is 3.60. The summed E-state index contributed by atoms with van der Waals surface area (Å²) in [5.74, 6) is 0. The summed E-state index contributed by atoms with van der Waals surface area (Å²) in [7, 11) is -2.14. The Morgan fingerprint density at radius 3 is 2.44 bits per heavy atom. The minimum Gasteiger partial charge on any atom is -0.302 e. The Kier molecular flexibility index (Phi) is 4.39. The van der Waals surface area contributed by atoms with E-state index < -0.39 is 10.0 Å². The van der Waals surface area contributed by atoms with Gasteiger partial charge >= 0.3 is 0 Å². The highest BCUT2D eigenvalue weighted by Gasteiger charge is 2.12. The van der Waals surface area contributed by atoms with Gasteiger partial charge in [0.05, 0.1) is 6.54 Å². The minimum absolute atomic E-state index is 0.137. The Morgan fingerprint density at radius 1 is 1.25 bits per heavy atom. The van der Waals surface area contributed by atoms with E-state index in [9.17, 15) is 13.2 Å². The molecule has 0 spiro atoms. The Bertz CT molecular complexity index is 465. The van der Waals surface area contributed by atoms with Crippen LogP contribution in [0.25, 0.3) is 6.08 Å². The number of sulfonamides is 1. The van der Waals surface area contributed by atoms with E-state index in [1.807, 2.05) is 18.2 Å². The van der Waals surface area contributed by atoms with Crippen LogP contribution < -0.4 is 0 Å². The van der Waals surface area contributed by atoms with Crippen molar-refractivity contribution in [2.45, 2.75) is 0 Å². The van der Waals surface area contributed by atoms with E-state index in [4.69, 9.17) is 0 Å². The first-order chi connectivity index (χ1) is 7.56. The van der Waals surface area contributed by atoms with Gasteiger partial charge in [-0.05, 0) is 11.6 Å². The van der Waals surface area contributed by atoms with E-state index in [0.717, 1.165) is 15.3 Å². The fourth-order valence-corrected chi connectivity index (χ4v) is 1.85. The molecule has 0 radical (unpaired) electrons. The maximum absolute atomic E-state index is 11.6. The van der Waals surface area contributed by atoms with Gasteiger partial charge in [0, 0.05) is 12.5 Å². The Balaban J connectivity index is 2.81. The first-order valence-corrected chi connectivity index (χ1v) is 6.19. The molecule has 86 valence electrons. The normalized spacial score (nSPS) is 12.1. The lowest BCUT2D eigenvalue weighted by Crippen LogP contribution is -2.26. The van der Waals surface area contributed by atoms with Gasteiger partial charge in [0.15, 0.2) is 0 Å². The molecule has 1 aromatic rings. The van der Waals surface area contributed by atoms with Crippen LogP contribution in [-0.2, 0) is 14.8 Å². The van der Waals surface area contributed by atoms with Gasteiger partial charge in [0.1, 0.15) is 6.29 Å². The highest BCUT2D eigenvalue weighted by Crippen LogP contribution is 2.05. The van der Waals surface area contributed by atoms with Crippen molar-refractivity contribution in [2.75, 3.05) is 13.6 Å². The molecule has 1 aromatic carbocycles. The lowest BCUT2D eigenvalue weighted by molar-refractivity contribution is -0.107. The number of nitrogens with zero attached hydrogens (tertiary/aromatic N) is 1. The number of rotatable bonds is 5. The monoisotopic (exact) mass is 239 g/mol. The largest absolute Gasteiger partial charge is 0.302 e. The number of carbonyl (C=O) groups is 1. The third-order valence-corrected chi connectivity index (χ3v) is 3.50. The number of aldehydes is 1. The van der Waals surface area contributed by atoms with Crippen molar-refractivity contribution in [3.8, 4) is 0 Å². The zero-order valence-electron chi connectivity index (χ0n) is 8.91. The first kappa shape index (κ1) is 12.6. The Morgan fingerprint density at radius 2 is 1.88 bits per heavy atom. The SMILES string of the molecule is CN(CC=O)S(=O)(=O)/C=C/c1ccccc1. The van der Waals surface area contributed by atoms with Crippen molar-refractivity contribution in [1.29, 1.82) is 0 Å². The standard InChI is InChI=1S/C11H13NO3S/c1-12(8-9-13)16(14,15)10-7-11-5-3-2-4-6-11/h2-7,9-10H,8H2,1H3/b10-7+. The van der Waals surface area contributed by atoms with Crippen molar-refractivity contribution in [1.82, 2.24) is 4.31 Å². The molecule has 16 heavy (non-hydrogen) atoms. The molecule has 0 unspecified atom stereocenters. The van der Waals surface area contributed by atoms with Crippen molar-refractivity contribution in [3.05, 3.63) is 41.3 Å². The predicted octanol–water partition coefficient (Wildman–Crippen LogP) is 1.12. The second kappa shape index (κ2) is 5.58. The van der Waals surface area contributed by atoms with Gasteiger partial charge in [0.25, 0.3) is 0 Å². The molecule has 0 bridgehead atoms. The third-order valence-electron chi connectivity index (χ3n) is 2.00. The van der Waals surface area contributed by atoms with Crippen molar-refractivity contribution in [3.63, 3.8) is 0 Å². The van der Waals surface area contributed by atoms with Crippen LogP contribution in [0.2, 0.25) is 0 Å². The molecule has 0 aliphatic carbocycles. The zero-order chi connectivity index (χ0) is 12.0. The molecule has 0 aliphatic heterocycles. The number of benzene rings is 1. The maximum Gasteiger partial charge on any atom is 0.236 e. The second-order valence-corrected chi connectivity index (χ2v) is 5.13. The molecule has 0 atom stereocenters. The molecule has 0 amide bonds. The molecule has 0 heterocycles. The van der Waals surface area contributed by atoms with Crippen LogP contribution in [0.1, 0.15) is 5.56 Å². The van der Waals surface area contributed by atoms with E-state index in [-0.39, 0.29) is 6.54 Å². The van der Waals surface area contributed by atoms with Gasteiger partial charge in [-0.15, -0.1) is 0 Å². The summed E-state index contributed by atoms with van der Waals surface area (Å²) < 4.78 is 24.1. The van der Waals surface area contributed by atoms with Gasteiger partial charge in [-0.25, -0.2) is 8.42 Å². The van der Waals surface area contributed by atoms with Crippen LogP contribution >= 0.6 is 0 Å². The van der Waals surface area contributed by atoms with Gasteiger partial charge in [-0.3, -0.25) is 0 Å². The number of hydrogen-bond donors (Lipinski definition) is 0. The summed E-state index contributed by atoms with van der Waals surface area (Å²) in [5, 5.41) is 1.09. The smallest absolute Gasteiger partial charge is 0.236 e. The summed E-state index contributed by atoms with van der Waals surface area (Å²) in [6.45, 7) is -0.137. The zero-order valence-corrected chi connectivity index (χ0v) is 9.72. The minimum atomic E-state index is -3.50. The highest BCUT2D eigenvalue weighted by atomic mass is 32.2. The van der Waals surface area contributed by atoms with Crippen LogP contribution in [0.4, 0.5) is 0 Å². The molecule has 5 heteroatoms. The van der Waals surface area contributed by atoms with Crippen molar-refractivity contribution < 1.29 is 13.2 Å². The average Bonchev–Trinajstić information content (AvgIpc) is 2.28. The Labute approximate surface area is 95.2 Å². The number of likely N-dealkylation sites (N-methyl/N-ethyl adjacent to an activating group) is 1. The van der Waals surface area contributed by atoms with E-state index >= 15 is 0 Å². The van der Waals surface area contributed by atoms with Crippen LogP contribution in [0.3, 0.4) is 0 Å². The molecule has 0 N–H and O–H groups in total. The first-order valence-electron chi connectivity index (χ1n) is 4.69. The van der Waals surface area contributed by atoms with Crippen LogP contribution in [-0.4, -0.2) is 32.6 Å². The Hall–Kier alpha value is -1.46. The van der Waals surface area contributed by atoms with Crippen LogP contribution in [0.15, 0.2) is 35.7 Å². The fraction of sp³-hybridized carbons (Fsp3) is 0.182. The summed E-state index contributed by atoms with van der Waals surface area (Å²) in [6, 6.07) is 9.09. The molecule has 0 saturated carbocycles. The lowest BCUT2D eigenvalue weighted by atomic mass is 10.2. The molecule has 0 saturated heterocycles. The van der Waals surface area contributed by atoms with E-state index in [1.165, 1.54) is 13.1 Å².